The molecule has 0 bridgehead atoms. The zero-order valence-corrected chi connectivity index (χ0v) is 21.6. The first-order valence-electron chi connectivity index (χ1n) is 12.8. The third-order valence-corrected chi connectivity index (χ3v) is 6.95. The van der Waals surface area contributed by atoms with Gasteiger partial charge in [-0.05, 0) is 53.4 Å². The predicted molar refractivity (Wildman–Crippen MR) is 128 cm³/mol. The van der Waals surface area contributed by atoms with E-state index in [2.05, 4.69) is 0 Å². The molecule has 35 heavy (non-hydrogen) atoms. The number of hydrogen-bond acceptors (Lipinski definition) is 7. The molecule has 2 aliphatic heterocycles. The average molecular weight is 493 g/mol. The largest absolute Gasteiger partial charge is 0.464 e. The summed E-state index contributed by atoms with van der Waals surface area (Å²) in [6.07, 6.45) is 6.53. The van der Waals surface area contributed by atoms with Crippen LogP contribution in [0.4, 0.5) is 4.79 Å². The standard InChI is InChI=1S/C26H40N2O7/c1-6-34-23(32)26-15-18(26)13-11-9-7-8-10-12-17(2)21(30)27-16-19(29)14-20(27)22(31)28(26)24(33)35-25(3,4)5/h11,13,17-20,29H,6-10,12,14-16H2,1-5H3/b13-11-/t17-,18+,19+,20-,26+/m0/s1. The number of amides is 3. The SMILES string of the molecule is CCOC(=O)[C@@]12C[C@H]1/C=C\CCCCC[C@H](C)C(=O)N1C[C@H](O)C[C@H]1C(=O)N2C(=O)OC(C)(C)C. The number of aliphatic hydroxyl groups excluding tert-OH is 1. The fourth-order valence-corrected chi connectivity index (χ4v) is 5.10. The summed E-state index contributed by atoms with van der Waals surface area (Å²) in [5.74, 6) is -2.33. The molecule has 0 unspecified atom stereocenters. The lowest BCUT2D eigenvalue weighted by Gasteiger charge is -2.35. The number of imide groups is 1. The summed E-state index contributed by atoms with van der Waals surface area (Å²) in [5.41, 5.74) is -2.44. The molecule has 0 aromatic rings. The minimum Gasteiger partial charge on any atom is -0.464 e. The summed E-state index contributed by atoms with van der Waals surface area (Å²) < 4.78 is 10.9. The van der Waals surface area contributed by atoms with E-state index in [9.17, 15) is 24.3 Å². The molecule has 5 atom stereocenters. The van der Waals surface area contributed by atoms with Gasteiger partial charge in [0.1, 0.15) is 11.6 Å². The first-order valence-corrected chi connectivity index (χ1v) is 12.8. The zero-order chi connectivity index (χ0) is 26.0. The highest BCUT2D eigenvalue weighted by Gasteiger charge is 2.69. The van der Waals surface area contributed by atoms with Crippen molar-refractivity contribution in [3.8, 4) is 0 Å². The van der Waals surface area contributed by atoms with E-state index in [0.717, 1.165) is 30.6 Å². The topological polar surface area (TPSA) is 113 Å². The number of nitrogens with zero attached hydrogens (tertiary/aromatic N) is 2. The van der Waals surface area contributed by atoms with E-state index in [4.69, 9.17) is 9.47 Å². The molecule has 2 fully saturated rings. The van der Waals surface area contributed by atoms with Crippen molar-refractivity contribution in [2.24, 2.45) is 11.8 Å². The number of rotatable bonds is 2. The van der Waals surface area contributed by atoms with Gasteiger partial charge in [0.05, 0.1) is 12.7 Å². The molecule has 0 spiro atoms. The Morgan fingerprint density at radius 1 is 1.17 bits per heavy atom. The van der Waals surface area contributed by atoms with Crippen LogP contribution in [-0.4, -0.2) is 75.2 Å². The van der Waals surface area contributed by atoms with Gasteiger partial charge < -0.3 is 19.5 Å². The van der Waals surface area contributed by atoms with Crippen molar-refractivity contribution in [2.75, 3.05) is 13.2 Å². The van der Waals surface area contributed by atoms with Crippen LogP contribution in [0.3, 0.4) is 0 Å². The van der Waals surface area contributed by atoms with Crippen LogP contribution in [-0.2, 0) is 23.9 Å². The van der Waals surface area contributed by atoms with Crippen molar-refractivity contribution in [3.63, 3.8) is 0 Å². The van der Waals surface area contributed by atoms with Gasteiger partial charge in [-0.15, -0.1) is 0 Å². The molecule has 3 aliphatic rings. The van der Waals surface area contributed by atoms with Gasteiger partial charge in [-0.25, -0.2) is 14.5 Å². The Kier molecular flexibility index (Phi) is 8.29. The van der Waals surface area contributed by atoms with Gasteiger partial charge in [0.25, 0.3) is 5.91 Å². The quantitative estimate of drug-likeness (QED) is 0.465. The molecule has 2 heterocycles. The molecule has 1 aliphatic carbocycles. The Labute approximate surface area is 207 Å². The Bertz CT molecular complexity index is 864. The average Bonchev–Trinajstić information content (AvgIpc) is 3.33. The maximum absolute atomic E-state index is 14.0. The Morgan fingerprint density at radius 3 is 2.54 bits per heavy atom. The molecule has 1 saturated heterocycles. The molecule has 1 N–H and O–H groups in total. The minimum absolute atomic E-state index is 0.00397. The molecule has 0 aromatic carbocycles. The van der Waals surface area contributed by atoms with E-state index in [0.29, 0.717) is 6.42 Å². The summed E-state index contributed by atoms with van der Waals surface area (Å²) in [4.78, 5) is 56.3. The summed E-state index contributed by atoms with van der Waals surface area (Å²) in [6.45, 7) is 8.65. The maximum Gasteiger partial charge on any atom is 0.418 e. The third-order valence-electron chi connectivity index (χ3n) is 6.95. The highest BCUT2D eigenvalue weighted by Crippen LogP contribution is 2.52. The van der Waals surface area contributed by atoms with Crippen LogP contribution in [0.2, 0.25) is 0 Å². The Morgan fingerprint density at radius 2 is 1.89 bits per heavy atom. The number of ether oxygens (including phenoxy) is 2. The van der Waals surface area contributed by atoms with Crippen LogP contribution < -0.4 is 0 Å². The van der Waals surface area contributed by atoms with Crippen molar-refractivity contribution in [3.05, 3.63) is 12.2 Å². The molecule has 9 heteroatoms. The highest BCUT2D eigenvalue weighted by molar-refractivity contribution is 6.04. The number of hydrogen-bond donors (Lipinski definition) is 1. The number of esters is 1. The molecule has 0 aromatic heterocycles. The normalized spacial score (nSPS) is 33.2. The molecule has 3 amide bonds. The highest BCUT2D eigenvalue weighted by atomic mass is 16.6. The maximum atomic E-state index is 14.0. The van der Waals surface area contributed by atoms with Crippen LogP contribution in [0.15, 0.2) is 12.2 Å². The molecule has 0 radical (unpaired) electrons. The predicted octanol–water partition coefficient (Wildman–Crippen LogP) is 3.19. The number of aliphatic hydroxyl groups is 1. The van der Waals surface area contributed by atoms with Gasteiger partial charge >= 0.3 is 12.1 Å². The lowest BCUT2D eigenvalue weighted by atomic mass is 10.0. The Hall–Kier alpha value is -2.42. The summed E-state index contributed by atoms with van der Waals surface area (Å²) in [7, 11) is 0. The monoisotopic (exact) mass is 492 g/mol. The van der Waals surface area contributed by atoms with Crippen LogP contribution in [0.1, 0.15) is 79.6 Å². The van der Waals surface area contributed by atoms with Gasteiger partial charge in [-0.1, -0.05) is 31.9 Å². The molecule has 9 nitrogen and oxygen atoms in total. The van der Waals surface area contributed by atoms with Crippen LogP contribution >= 0.6 is 0 Å². The van der Waals surface area contributed by atoms with E-state index in [1.165, 1.54) is 4.90 Å². The Balaban J connectivity index is 2.08. The number of carbonyl (C=O) groups excluding carboxylic acids is 4. The molecule has 196 valence electrons. The van der Waals surface area contributed by atoms with Crippen LogP contribution in [0.5, 0.6) is 0 Å². The smallest absolute Gasteiger partial charge is 0.418 e. The lowest BCUT2D eigenvalue weighted by Crippen LogP contribution is -2.59. The van der Waals surface area contributed by atoms with E-state index >= 15 is 0 Å². The van der Waals surface area contributed by atoms with Gasteiger partial charge in [-0.3, -0.25) is 9.59 Å². The molecule has 1 saturated carbocycles. The third kappa shape index (κ3) is 5.88. The van der Waals surface area contributed by atoms with Gasteiger partial charge in [0.15, 0.2) is 5.54 Å². The van der Waals surface area contributed by atoms with E-state index in [1.807, 2.05) is 19.1 Å². The second kappa shape index (κ2) is 10.7. The van der Waals surface area contributed by atoms with Crippen molar-refractivity contribution >= 4 is 23.9 Å². The van der Waals surface area contributed by atoms with Crippen molar-refractivity contribution < 1.29 is 33.8 Å². The van der Waals surface area contributed by atoms with Crippen LogP contribution in [0.25, 0.3) is 0 Å². The van der Waals surface area contributed by atoms with Gasteiger partial charge in [-0.2, -0.15) is 0 Å². The van der Waals surface area contributed by atoms with Crippen molar-refractivity contribution in [1.82, 2.24) is 9.80 Å². The van der Waals surface area contributed by atoms with E-state index in [-0.39, 0.29) is 37.8 Å². The summed E-state index contributed by atoms with van der Waals surface area (Å²) in [5, 5.41) is 10.4. The fraction of sp³-hybridized carbons (Fsp3) is 0.769. The summed E-state index contributed by atoms with van der Waals surface area (Å²) in [6, 6.07) is -1.06. The second-order valence-corrected chi connectivity index (χ2v) is 11.0. The minimum atomic E-state index is -1.53. The number of allylic oxidation sites excluding steroid dienone is 1. The molecule has 3 rings (SSSR count). The molecular weight excluding hydrogens is 452 g/mol. The van der Waals surface area contributed by atoms with Crippen LogP contribution in [0, 0.1) is 11.8 Å². The second-order valence-electron chi connectivity index (χ2n) is 11.0. The molecular formula is C26H40N2O7. The number of carbonyl (C=O) groups is 4. The zero-order valence-electron chi connectivity index (χ0n) is 21.6. The number of fused-ring (bicyclic) bond motifs is 2. The van der Waals surface area contributed by atoms with E-state index in [1.54, 1.807) is 27.7 Å². The first-order chi connectivity index (χ1) is 16.4. The van der Waals surface area contributed by atoms with Gasteiger partial charge in [0.2, 0.25) is 5.91 Å². The lowest BCUT2D eigenvalue weighted by molar-refractivity contribution is -0.159. The fourth-order valence-electron chi connectivity index (χ4n) is 5.10. The summed E-state index contributed by atoms with van der Waals surface area (Å²) >= 11 is 0. The van der Waals surface area contributed by atoms with Crippen molar-refractivity contribution in [2.45, 2.75) is 103 Å². The van der Waals surface area contributed by atoms with Crippen molar-refractivity contribution in [1.29, 1.82) is 0 Å². The first kappa shape index (κ1) is 27.2. The van der Waals surface area contributed by atoms with Gasteiger partial charge in [0, 0.05) is 24.8 Å². The van der Waals surface area contributed by atoms with E-state index < -0.39 is 47.2 Å².